The lowest BCUT2D eigenvalue weighted by atomic mass is 10.1. The molecular formula is C31H40F2N8O2S. The number of thioether (sulfide) groups is 1. The molecule has 1 aliphatic rings. The Morgan fingerprint density at radius 1 is 1.16 bits per heavy atom. The van der Waals surface area contributed by atoms with E-state index in [9.17, 15) is 13.6 Å². The molecule has 0 fully saturated rings. The first kappa shape index (κ1) is 33.1. The maximum atomic E-state index is 14.2. The van der Waals surface area contributed by atoms with E-state index in [1.54, 1.807) is 25.6 Å². The van der Waals surface area contributed by atoms with Crippen LogP contribution < -0.4 is 26.5 Å². The van der Waals surface area contributed by atoms with Crippen LogP contribution >= 0.6 is 11.8 Å². The lowest BCUT2D eigenvalue weighted by Crippen LogP contribution is -2.37. The summed E-state index contributed by atoms with van der Waals surface area (Å²) in [6.07, 6.45) is 5.26. The first-order valence-electron chi connectivity index (χ1n) is 14.6. The molecule has 0 bridgehead atoms. The molecule has 2 unspecified atom stereocenters. The van der Waals surface area contributed by atoms with Gasteiger partial charge in [0.2, 0.25) is 5.88 Å². The molecule has 5 heterocycles. The number of halogens is 2. The van der Waals surface area contributed by atoms with E-state index in [4.69, 9.17) is 10.5 Å². The van der Waals surface area contributed by atoms with Gasteiger partial charge in [0.15, 0.2) is 11.2 Å². The molecule has 10 nitrogen and oxygen atoms in total. The second kappa shape index (κ2) is 14.8. The third kappa shape index (κ3) is 7.11. The molecule has 1 aliphatic heterocycles. The summed E-state index contributed by atoms with van der Waals surface area (Å²) in [5.41, 5.74) is 12.7. The molecule has 0 saturated carbocycles. The van der Waals surface area contributed by atoms with Crippen LogP contribution in [-0.4, -0.2) is 57.7 Å². The van der Waals surface area contributed by atoms with Gasteiger partial charge in [0.1, 0.15) is 11.5 Å². The van der Waals surface area contributed by atoms with E-state index >= 15 is 0 Å². The fourth-order valence-corrected chi connectivity index (χ4v) is 6.49. The zero-order valence-corrected chi connectivity index (χ0v) is 26.6. The number of pyridine rings is 4. The molecule has 236 valence electrons. The van der Waals surface area contributed by atoms with Gasteiger partial charge in [-0.15, -0.1) is 0 Å². The number of fused-ring (bicyclic) bond motifs is 3. The van der Waals surface area contributed by atoms with Crippen molar-refractivity contribution in [1.82, 2.24) is 24.4 Å². The topological polar surface area (TPSA) is 128 Å². The van der Waals surface area contributed by atoms with Gasteiger partial charge in [-0.1, -0.05) is 11.8 Å². The predicted octanol–water partition coefficient (Wildman–Crippen LogP) is 4.95. The number of nitrogen functional groups attached to an aromatic ring is 1. The standard InChI is InChI=1S/C30H35F2N7O2S.CH5N/c1-5-37(21-8-9-25(33)35-15-21)12-6-7-18(2)38(16-20-10-11-34-26(13-20)41-4)17-23-27(40)22-14-24(31)28(32)36-29(22)39-19(3)42-30(23)39;1-2/h8-11,13-15,18-19H,5-7,12,16-17H2,1-4H3,(H2,33,35);2H2,1H3. The summed E-state index contributed by atoms with van der Waals surface area (Å²) in [6, 6.07) is 8.66. The number of anilines is 2. The molecule has 0 aliphatic carbocycles. The summed E-state index contributed by atoms with van der Waals surface area (Å²) in [4.78, 5) is 30.5. The third-order valence-electron chi connectivity index (χ3n) is 7.73. The average Bonchev–Trinajstić information content (AvgIpc) is 3.02. The van der Waals surface area contributed by atoms with Gasteiger partial charge in [-0.2, -0.15) is 9.37 Å². The molecule has 0 spiro atoms. The minimum atomic E-state index is -1.20. The van der Waals surface area contributed by atoms with E-state index < -0.39 is 11.8 Å². The Balaban J connectivity index is 0.00000216. The number of rotatable bonds is 12. The normalized spacial score (nSPS) is 14.4. The van der Waals surface area contributed by atoms with Crippen molar-refractivity contribution in [3.8, 4) is 5.88 Å². The number of ether oxygens (including phenoxy) is 1. The Morgan fingerprint density at radius 3 is 2.59 bits per heavy atom. The molecule has 0 radical (unpaired) electrons. The summed E-state index contributed by atoms with van der Waals surface area (Å²) >= 11 is 1.54. The highest BCUT2D eigenvalue weighted by Crippen LogP contribution is 2.46. The Kier molecular flexibility index (Phi) is 11.1. The molecule has 44 heavy (non-hydrogen) atoms. The first-order chi connectivity index (χ1) is 21.2. The summed E-state index contributed by atoms with van der Waals surface area (Å²) in [5, 5.41) is 0.794. The molecule has 0 aromatic carbocycles. The summed E-state index contributed by atoms with van der Waals surface area (Å²) in [6.45, 7) is 8.77. The fourth-order valence-electron chi connectivity index (χ4n) is 5.36. The van der Waals surface area contributed by atoms with Crippen LogP contribution in [0.1, 0.15) is 50.1 Å². The van der Waals surface area contributed by atoms with E-state index in [1.807, 2.05) is 29.7 Å². The molecule has 4 aromatic rings. The van der Waals surface area contributed by atoms with Crippen molar-refractivity contribution in [2.24, 2.45) is 5.73 Å². The van der Waals surface area contributed by atoms with Gasteiger partial charge in [-0.25, -0.2) is 14.4 Å². The van der Waals surface area contributed by atoms with E-state index in [-0.39, 0.29) is 27.9 Å². The molecule has 5 rings (SSSR count). The minimum Gasteiger partial charge on any atom is -0.481 e. The number of nitrogens with zero attached hydrogens (tertiary/aromatic N) is 6. The van der Waals surface area contributed by atoms with Crippen LogP contribution in [-0.2, 0) is 13.1 Å². The van der Waals surface area contributed by atoms with Gasteiger partial charge >= 0.3 is 0 Å². The van der Waals surface area contributed by atoms with Crippen molar-refractivity contribution < 1.29 is 13.5 Å². The Labute approximate surface area is 260 Å². The first-order valence-corrected chi connectivity index (χ1v) is 15.4. The highest BCUT2D eigenvalue weighted by molar-refractivity contribution is 8.00. The van der Waals surface area contributed by atoms with Crippen LogP contribution in [0, 0.1) is 11.8 Å². The average molecular weight is 627 g/mol. The zero-order valence-electron chi connectivity index (χ0n) is 25.8. The Morgan fingerprint density at radius 2 is 1.93 bits per heavy atom. The number of methoxy groups -OCH3 is 1. The lowest BCUT2D eigenvalue weighted by Gasteiger charge is -2.36. The van der Waals surface area contributed by atoms with Gasteiger partial charge in [-0.3, -0.25) is 9.69 Å². The largest absolute Gasteiger partial charge is 0.481 e. The molecule has 4 N–H and O–H groups in total. The van der Waals surface area contributed by atoms with Crippen LogP contribution in [0.3, 0.4) is 0 Å². The van der Waals surface area contributed by atoms with Crippen LogP contribution in [0.25, 0.3) is 11.0 Å². The van der Waals surface area contributed by atoms with Crippen molar-refractivity contribution in [3.63, 3.8) is 0 Å². The van der Waals surface area contributed by atoms with Crippen molar-refractivity contribution in [2.45, 2.75) is 63.1 Å². The van der Waals surface area contributed by atoms with Crippen molar-refractivity contribution in [1.29, 1.82) is 0 Å². The zero-order chi connectivity index (χ0) is 32.0. The van der Waals surface area contributed by atoms with Crippen LogP contribution in [0.5, 0.6) is 5.88 Å². The van der Waals surface area contributed by atoms with Crippen LogP contribution in [0.15, 0.2) is 52.5 Å². The van der Waals surface area contributed by atoms with Gasteiger partial charge < -0.3 is 25.7 Å². The number of nitrogens with two attached hydrogens (primary N) is 2. The number of aromatic nitrogens is 4. The maximum Gasteiger partial charge on any atom is 0.250 e. The number of hydrogen-bond donors (Lipinski definition) is 2. The van der Waals surface area contributed by atoms with Gasteiger partial charge in [0, 0.05) is 50.0 Å². The Hall–Kier alpha value is -3.81. The van der Waals surface area contributed by atoms with Gasteiger partial charge in [0.05, 0.1) is 34.8 Å². The SMILES string of the molecule is CCN(CCCC(C)N(Cc1ccnc(OC)c1)Cc1c2n(c3nc(F)c(F)cc3c1=O)C(C)S2)c1ccc(N)nc1.CN. The predicted molar refractivity (Wildman–Crippen MR) is 172 cm³/mol. The molecular weight excluding hydrogens is 586 g/mol. The minimum absolute atomic E-state index is 0.0441. The molecule has 0 saturated heterocycles. The van der Waals surface area contributed by atoms with Crippen molar-refractivity contribution in [2.75, 3.05) is 37.9 Å². The van der Waals surface area contributed by atoms with E-state index in [1.165, 1.54) is 18.8 Å². The summed E-state index contributed by atoms with van der Waals surface area (Å²) in [7, 11) is 3.08. The monoisotopic (exact) mass is 626 g/mol. The van der Waals surface area contributed by atoms with Crippen molar-refractivity contribution in [3.05, 3.63) is 75.8 Å². The van der Waals surface area contributed by atoms with E-state index in [0.717, 1.165) is 48.3 Å². The quantitative estimate of drug-likeness (QED) is 0.209. The van der Waals surface area contributed by atoms with Crippen molar-refractivity contribution >= 4 is 34.3 Å². The van der Waals surface area contributed by atoms with Gasteiger partial charge in [0.25, 0.3) is 5.95 Å². The maximum absolute atomic E-state index is 14.2. The van der Waals surface area contributed by atoms with Gasteiger partial charge in [-0.05, 0) is 70.5 Å². The fraction of sp³-hybridized carbons (Fsp3) is 0.419. The Bertz CT molecular complexity index is 1640. The van der Waals surface area contributed by atoms with Crippen LogP contribution in [0.2, 0.25) is 0 Å². The molecule has 4 aromatic heterocycles. The summed E-state index contributed by atoms with van der Waals surface area (Å²) in [5.74, 6) is -1.33. The second-order valence-electron chi connectivity index (χ2n) is 10.5. The molecule has 2 atom stereocenters. The second-order valence-corrected chi connectivity index (χ2v) is 11.8. The van der Waals surface area contributed by atoms with Crippen LogP contribution in [0.4, 0.5) is 20.3 Å². The summed E-state index contributed by atoms with van der Waals surface area (Å²) < 4.78 is 35.4. The third-order valence-corrected chi connectivity index (χ3v) is 8.95. The molecule has 13 heteroatoms. The number of hydrogen-bond acceptors (Lipinski definition) is 10. The van der Waals surface area contributed by atoms with E-state index in [2.05, 4.69) is 44.3 Å². The highest BCUT2D eigenvalue weighted by atomic mass is 32.2. The highest BCUT2D eigenvalue weighted by Gasteiger charge is 2.32. The smallest absolute Gasteiger partial charge is 0.250 e. The molecule has 0 amide bonds. The van der Waals surface area contributed by atoms with E-state index in [0.29, 0.717) is 30.4 Å². The lowest BCUT2D eigenvalue weighted by molar-refractivity contribution is 0.177.